The number of amides is 2. The molecule has 2 heterocycles. The maximum absolute atomic E-state index is 12.6. The second-order valence-corrected chi connectivity index (χ2v) is 8.57. The average molecular weight is 404 g/mol. The first-order chi connectivity index (χ1) is 13.1. The molecular formula is C20H26ClN5O2. The number of nitrogens with one attached hydrogen (secondary N) is 3. The smallest absolute Gasteiger partial charge is 0.229 e. The lowest BCUT2D eigenvalue weighted by atomic mass is 9.92. The monoisotopic (exact) mass is 403 g/mol. The molecule has 1 saturated heterocycles. The van der Waals surface area contributed by atoms with Crippen LogP contribution in [0.5, 0.6) is 0 Å². The molecule has 28 heavy (non-hydrogen) atoms. The lowest BCUT2D eigenvalue weighted by Crippen LogP contribution is -2.52. The summed E-state index contributed by atoms with van der Waals surface area (Å²) in [5.41, 5.74) is 1.36. The van der Waals surface area contributed by atoms with Gasteiger partial charge in [0.25, 0.3) is 0 Å². The normalized spacial score (nSPS) is 20.0. The fraction of sp³-hybridized carbons (Fsp3) is 0.450. The number of aromatic nitrogens is 2. The van der Waals surface area contributed by atoms with Gasteiger partial charge in [-0.05, 0) is 18.6 Å². The van der Waals surface area contributed by atoms with Crippen LogP contribution in [0, 0.1) is 0 Å². The van der Waals surface area contributed by atoms with Crippen LogP contribution in [0.3, 0.4) is 0 Å². The number of halogens is 1. The molecule has 150 valence electrons. The molecule has 3 rings (SSSR count). The number of anilines is 1. The van der Waals surface area contributed by atoms with Gasteiger partial charge in [0.05, 0.1) is 12.1 Å². The largest absolute Gasteiger partial charge is 0.322 e. The van der Waals surface area contributed by atoms with Crippen molar-refractivity contribution in [3.05, 3.63) is 46.6 Å². The summed E-state index contributed by atoms with van der Waals surface area (Å²) in [7, 11) is 0. The molecule has 2 amide bonds. The fourth-order valence-electron chi connectivity index (χ4n) is 3.04. The van der Waals surface area contributed by atoms with Gasteiger partial charge in [-0.25, -0.2) is 4.68 Å². The van der Waals surface area contributed by atoms with Crippen molar-refractivity contribution in [2.75, 3.05) is 5.32 Å². The van der Waals surface area contributed by atoms with Crippen molar-refractivity contribution in [3.8, 4) is 0 Å². The molecule has 1 aromatic carbocycles. The standard InChI is InChI=1S/C20H26ClN5O2/c1-12-9-17(27)24-19(22-12)26-16(11-15(25-26)20(2,3)4)23-18(28)10-13-7-5-6-8-14(13)21/h5-8,11-12,19,22H,9-10H2,1-4H3,(H,23,28)(H,24,27). The summed E-state index contributed by atoms with van der Waals surface area (Å²) in [6.45, 7) is 8.08. The van der Waals surface area contributed by atoms with Gasteiger partial charge in [0, 0.05) is 29.0 Å². The van der Waals surface area contributed by atoms with Crippen LogP contribution in [0.2, 0.25) is 5.02 Å². The molecule has 2 aromatic rings. The highest BCUT2D eigenvalue weighted by Crippen LogP contribution is 2.26. The van der Waals surface area contributed by atoms with Crippen LogP contribution in [0.1, 0.15) is 51.7 Å². The van der Waals surface area contributed by atoms with Gasteiger partial charge in [-0.3, -0.25) is 14.9 Å². The van der Waals surface area contributed by atoms with Crippen molar-refractivity contribution < 1.29 is 9.59 Å². The van der Waals surface area contributed by atoms with E-state index >= 15 is 0 Å². The molecule has 1 aliphatic heterocycles. The summed E-state index contributed by atoms with van der Waals surface area (Å²) >= 11 is 6.17. The zero-order chi connectivity index (χ0) is 20.5. The van der Waals surface area contributed by atoms with Crippen molar-refractivity contribution in [3.63, 3.8) is 0 Å². The van der Waals surface area contributed by atoms with Gasteiger partial charge in [-0.2, -0.15) is 5.10 Å². The summed E-state index contributed by atoms with van der Waals surface area (Å²) < 4.78 is 1.62. The Balaban J connectivity index is 1.86. The SMILES string of the molecule is CC1CC(=O)NC(n2nc(C(C)(C)C)cc2NC(=O)Cc2ccccc2Cl)N1. The molecule has 2 unspecified atom stereocenters. The Morgan fingerprint density at radius 3 is 2.71 bits per heavy atom. The van der Waals surface area contributed by atoms with Crippen LogP contribution in [-0.4, -0.2) is 27.6 Å². The molecular weight excluding hydrogens is 378 g/mol. The van der Waals surface area contributed by atoms with Crippen molar-refractivity contribution >= 4 is 29.2 Å². The van der Waals surface area contributed by atoms with Crippen LogP contribution in [0.15, 0.2) is 30.3 Å². The maximum Gasteiger partial charge on any atom is 0.229 e. The third-order valence-electron chi connectivity index (χ3n) is 4.56. The first-order valence-corrected chi connectivity index (χ1v) is 9.70. The molecule has 7 nitrogen and oxygen atoms in total. The fourth-order valence-corrected chi connectivity index (χ4v) is 3.25. The van der Waals surface area contributed by atoms with Crippen molar-refractivity contribution in [2.24, 2.45) is 0 Å². The van der Waals surface area contributed by atoms with Crippen molar-refractivity contribution in [1.29, 1.82) is 0 Å². The van der Waals surface area contributed by atoms with E-state index in [1.807, 2.05) is 52.0 Å². The van der Waals surface area contributed by atoms with E-state index in [0.29, 0.717) is 17.3 Å². The van der Waals surface area contributed by atoms with E-state index in [2.05, 4.69) is 21.0 Å². The molecule has 1 fully saturated rings. The van der Waals surface area contributed by atoms with Gasteiger partial charge in [-0.15, -0.1) is 0 Å². The Bertz CT molecular complexity index is 887. The molecule has 0 radical (unpaired) electrons. The quantitative estimate of drug-likeness (QED) is 0.732. The maximum atomic E-state index is 12.6. The lowest BCUT2D eigenvalue weighted by molar-refractivity contribution is -0.125. The molecule has 3 N–H and O–H groups in total. The van der Waals surface area contributed by atoms with Crippen LogP contribution in [0.4, 0.5) is 5.82 Å². The molecule has 1 aliphatic rings. The summed E-state index contributed by atoms with van der Waals surface area (Å²) in [5.74, 6) is 0.260. The number of rotatable bonds is 4. The molecule has 0 saturated carbocycles. The van der Waals surface area contributed by atoms with Gasteiger partial charge < -0.3 is 10.6 Å². The number of hydrogen-bond donors (Lipinski definition) is 3. The van der Waals surface area contributed by atoms with E-state index in [1.165, 1.54) is 0 Å². The first-order valence-electron chi connectivity index (χ1n) is 9.32. The molecule has 1 aromatic heterocycles. The van der Waals surface area contributed by atoms with Crippen molar-refractivity contribution in [1.82, 2.24) is 20.4 Å². The Morgan fingerprint density at radius 2 is 2.07 bits per heavy atom. The Kier molecular flexibility index (Phi) is 5.76. The number of nitrogens with zero attached hydrogens (tertiary/aromatic N) is 2. The van der Waals surface area contributed by atoms with Gasteiger partial charge >= 0.3 is 0 Å². The van der Waals surface area contributed by atoms with Crippen molar-refractivity contribution in [2.45, 2.75) is 58.3 Å². The predicted octanol–water partition coefficient (Wildman–Crippen LogP) is 2.97. The Morgan fingerprint density at radius 1 is 1.36 bits per heavy atom. The summed E-state index contributed by atoms with van der Waals surface area (Å²) in [6, 6.07) is 9.11. The third-order valence-corrected chi connectivity index (χ3v) is 4.93. The highest BCUT2D eigenvalue weighted by Gasteiger charge is 2.29. The molecule has 2 atom stereocenters. The van der Waals surface area contributed by atoms with Crippen LogP contribution in [0.25, 0.3) is 0 Å². The summed E-state index contributed by atoms with van der Waals surface area (Å²) in [5, 5.41) is 14.3. The van der Waals surface area contributed by atoms with Crippen LogP contribution < -0.4 is 16.0 Å². The number of hydrogen-bond acceptors (Lipinski definition) is 4. The topological polar surface area (TPSA) is 88.1 Å². The number of benzene rings is 1. The third kappa shape index (κ3) is 4.72. The minimum atomic E-state index is -0.525. The number of carbonyl (C=O) groups excluding carboxylic acids is 2. The van der Waals surface area contributed by atoms with Gasteiger partial charge in [-0.1, -0.05) is 50.6 Å². The summed E-state index contributed by atoms with van der Waals surface area (Å²) in [4.78, 5) is 24.6. The van der Waals surface area contributed by atoms with E-state index in [1.54, 1.807) is 10.7 Å². The van der Waals surface area contributed by atoms with Gasteiger partial charge in [0.2, 0.25) is 11.8 Å². The first kappa shape index (κ1) is 20.4. The molecule has 0 aliphatic carbocycles. The summed E-state index contributed by atoms with van der Waals surface area (Å²) in [6.07, 6.45) is 0.0252. The minimum Gasteiger partial charge on any atom is -0.322 e. The predicted molar refractivity (Wildman–Crippen MR) is 109 cm³/mol. The Hall–Kier alpha value is -2.38. The zero-order valence-electron chi connectivity index (χ0n) is 16.5. The molecule has 0 bridgehead atoms. The highest BCUT2D eigenvalue weighted by atomic mass is 35.5. The Labute approximate surface area is 169 Å². The van der Waals surface area contributed by atoms with E-state index in [-0.39, 0.29) is 29.7 Å². The van der Waals surface area contributed by atoms with E-state index < -0.39 is 6.29 Å². The second-order valence-electron chi connectivity index (χ2n) is 8.17. The second kappa shape index (κ2) is 7.93. The molecule has 0 spiro atoms. The minimum absolute atomic E-state index is 0.00714. The average Bonchev–Trinajstić information content (AvgIpc) is 3.00. The van der Waals surface area contributed by atoms with Gasteiger partial charge in [0.1, 0.15) is 5.82 Å². The van der Waals surface area contributed by atoms with Crippen LogP contribution in [-0.2, 0) is 21.4 Å². The van der Waals surface area contributed by atoms with Gasteiger partial charge in [0.15, 0.2) is 6.29 Å². The van der Waals surface area contributed by atoms with E-state index in [4.69, 9.17) is 11.6 Å². The zero-order valence-corrected chi connectivity index (χ0v) is 17.3. The van der Waals surface area contributed by atoms with E-state index in [0.717, 1.165) is 11.3 Å². The highest BCUT2D eigenvalue weighted by molar-refractivity contribution is 6.31. The lowest BCUT2D eigenvalue weighted by Gasteiger charge is -2.30. The number of carbonyl (C=O) groups is 2. The van der Waals surface area contributed by atoms with E-state index in [9.17, 15) is 9.59 Å². The van der Waals surface area contributed by atoms with Crippen LogP contribution >= 0.6 is 11.6 Å². The molecule has 8 heteroatoms.